The molecule has 2 heterocycles. The first-order valence-corrected chi connectivity index (χ1v) is 9.06. The molecule has 0 amide bonds. The molecule has 7 nitrogen and oxygen atoms in total. The minimum absolute atomic E-state index is 0.0513. The van der Waals surface area contributed by atoms with Crippen LogP contribution in [-0.4, -0.2) is 49.1 Å². The fourth-order valence-electron chi connectivity index (χ4n) is 3.42. The predicted molar refractivity (Wildman–Crippen MR) is 106 cm³/mol. The van der Waals surface area contributed by atoms with Crippen LogP contribution in [0.2, 0.25) is 0 Å². The molecule has 28 heavy (non-hydrogen) atoms. The normalized spacial score (nSPS) is 14.9. The molecule has 144 valence electrons. The van der Waals surface area contributed by atoms with Gasteiger partial charge in [-0.05, 0) is 23.8 Å². The van der Waals surface area contributed by atoms with E-state index in [0.717, 1.165) is 17.7 Å². The molecule has 1 aliphatic rings. The molecule has 0 radical (unpaired) electrons. The van der Waals surface area contributed by atoms with E-state index in [1.54, 1.807) is 20.4 Å². The summed E-state index contributed by atoms with van der Waals surface area (Å²) in [4.78, 5) is 6.64. The first-order chi connectivity index (χ1) is 13.7. The van der Waals surface area contributed by atoms with Crippen LogP contribution >= 0.6 is 0 Å². The molecule has 0 saturated carbocycles. The van der Waals surface area contributed by atoms with Gasteiger partial charge < -0.3 is 19.1 Å². The SMILES string of the molecule is COc1cccc(OC)c1-c1cnnc(N(C)CC2Cc3ccccc3O2)n1. The van der Waals surface area contributed by atoms with Crippen molar-refractivity contribution in [3.05, 3.63) is 54.2 Å². The second-order valence-corrected chi connectivity index (χ2v) is 6.61. The third-order valence-corrected chi connectivity index (χ3v) is 4.76. The van der Waals surface area contributed by atoms with Crippen molar-refractivity contribution >= 4 is 5.95 Å². The minimum Gasteiger partial charge on any atom is -0.496 e. The highest BCUT2D eigenvalue weighted by Crippen LogP contribution is 2.37. The van der Waals surface area contributed by atoms with Gasteiger partial charge in [-0.2, -0.15) is 5.10 Å². The smallest absolute Gasteiger partial charge is 0.245 e. The summed E-state index contributed by atoms with van der Waals surface area (Å²) in [5.74, 6) is 2.81. The molecular weight excluding hydrogens is 356 g/mol. The summed E-state index contributed by atoms with van der Waals surface area (Å²) in [6.07, 6.45) is 2.53. The number of methoxy groups -OCH3 is 2. The maximum Gasteiger partial charge on any atom is 0.245 e. The lowest BCUT2D eigenvalue weighted by Crippen LogP contribution is -2.33. The molecule has 1 aromatic heterocycles. The molecule has 0 N–H and O–H groups in total. The van der Waals surface area contributed by atoms with Crippen LogP contribution in [-0.2, 0) is 6.42 Å². The first-order valence-electron chi connectivity index (χ1n) is 9.06. The lowest BCUT2D eigenvalue weighted by Gasteiger charge is -2.21. The van der Waals surface area contributed by atoms with Crippen LogP contribution in [0.15, 0.2) is 48.7 Å². The van der Waals surface area contributed by atoms with Crippen LogP contribution < -0.4 is 19.1 Å². The number of anilines is 1. The molecule has 0 bridgehead atoms. The molecule has 7 heteroatoms. The maximum absolute atomic E-state index is 6.03. The molecule has 1 atom stereocenters. The Balaban J connectivity index is 1.56. The van der Waals surface area contributed by atoms with Crippen LogP contribution in [0.1, 0.15) is 5.56 Å². The third-order valence-electron chi connectivity index (χ3n) is 4.76. The molecule has 0 fully saturated rings. The van der Waals surface area contributed by atoms with Gasteiger partial charge in [0.2, 0.25) is 5.95 Å². The van der Waals surface area contributed by atoms with Crippen LogP contribution in [0.4, 0.5) is 5.95 Å². The van der Waals surface area contributed by atoms with Crippen LogP contribution in [0.5, 0.6) is 17.2 Å². The van der Waals surface area contributed by atoms with Crippen molar-refractivity contribution in [3.63, 3.8) is 0 Å². The van der Waals surface area contributed by atoms with Crippen molar-refractivity contribution in [1.29, 1.82) is 0 Å². The van der Waals surface area contributed by atoms with Gasteiger partial charge in [0.05, 0.1) is 32.5 Å². The van der Waals surface area contributed by atoms with Crippen molar-refractivity contribution in [3.8, 4) is 28.5 Å². The summed E-state index contributed by atoms with van der Waals surface area (Å²) in [5.41, 5.74) is 2.62. The van der Waals surface area contributed by atoms with Gasteiger partial charge in [-0.3, -0.25) is 0 Å². The van der Waals surface area contributed by atoms with Crippen molar-refractivity contribution in [2.75, 3.05) is 32.7 Å². The quantitative estimate of drug-likeness (QED) is 0.653. The summed E-state index contributed by atoms with van der Waals surface area (Å²) in [6, 6.07) is 13.7. The molecule has 0 saturated heterocycles. The molecule has 3 aromatic rings. The van der Waals surface area contributed by atoms with Gasteiger partial charge in [0, 0.05) is 13.5 Å². The Morgan fingerprint density at radius 3 is 2.54 bits per heavy atom. The zero-order chi connectivity index (χ0) is 19.5. The number of hydrogen-bond donors (Lipinski definition) is 0. The summed E-state index contributed by atoms with van der Waals surface area (Å²) >= 11 is 0. The van der Waals surface area contributed by atoms with E-state index in [-0.39, 0.29) is 6.10 Å². The van der Waals surface area contributed by atoms with Gasteiger partial charge in [-0.25, -0.2) is 4.98 Å². The number of rotatable bonds is 6. The first kappa shape index (κ1) is 18.0. The number of likely N-dealkylation sites (N-methyl/N-ethyl adjacent to an activating group) is 1. The average Bonchev–Trinajstić information content (AvgIpc) is 3.15. The fourth-order valence-corrected chi connectivity index (χ4v) is 3.42. The van der Waals surface area contributed by atoms with Crippen LogP contribution in [0, 0.1) is 0 Å². The van der Waals surface area contributed by atoms with E-state index < -0.39 is 0 Å². The van der Waals surface area contributed by atoms with Gasteiger partial charge in [0.15, 0.2) is 0 Å². The number of aromatic nitrogens is 3. The van der Waals surface area contributed by atoms with E-state index in [2.05, 4.69) is 21.2 Å². The number of fused-ring (bicyclic) bond motifs is 1. The van der Waals surface area contributed by atoms with E-state index in [1.807, 2.05) is 48.3 Å². The van der Waals surface area contributed by atoms with Crippen molar-refractivity contribution in [2.45, 2.75) is 12.5 Å². The van der Waals surface area contributed by atoms with Gasteiger partial charge in [-0.1, -0.05) is 24.3 Å². The number of ether oxygens (including phenoxy) is 3. The second-order valence-electron chi connectivity index (χ2n) is 6.61. The van der Waals surface area contributed by atoms with Crippen molar-refractivity contribution < 1.29 is 14.2 Å². The summed E-state index contributed by atoms with van der Waals surface area (Å²) in [7, 11) is 5.18. The van der Waals surface area contributed by atoms with Gasteiger partial charge in [-0.15, -0.1) is 5.10 Å². The van der Waals surface area contributed by atoms with Gasteiger partial charge in [0.1, 0.15) is 29.0 Å². The Hall–Kier alpha value is -3.35. The largest absolute Gasteiger partial charge is 0.496 e. The molecule has 0 spiro atoms. The van der Waals surface area contributed by atoms with Crippen molar-refractivity contribution in [2.24, 2.45) is 0 Å². The number of nitrogens with zero attached hydrogens (tertiary/aromatic N) is 4. The Kier molecular flexibility index (Phi) is 4.97. The molecule has 0 aliphatic carbocycles. The highest BCUT2D eigenvalue weighted by atomic mass is 16.5. The lowest BCUT2D eigenvalue weighted by atomic mass is 10.1. The number of benzene rings is 2. The average molecular weight is 378 g/mol. The molecule has 1 unspecified atom stereocenters. The third kappa shape index (κ3) is 3.43. The summed E-state index contributed by atoms with van der Waals surface area (Å²) in [5, 5.41) is 8.34. The van der Waals surface area contributed by atoms with Crippen LogP contribution in [0.25, 0.3) is 11.3 Å². The monoisotopic (exact) mass is 378 g/mol. The van der Waals surface area contributed by atoms with E-state index in [4.69, 9.17) is 14.2 Å². The lowest BCUT2D eigenvalue weighted by molar-refractivity contribution is 0.238. The van der Waals surface area contributed by atoms with E-state index >= 15 is 0 Å². The Bertz CT molecular complexity index is 932. The fraction of sp³-hybridized carbons (Fsp3) is 0.286. The molecule has 4 rings (SSSR count). The number of para-hydroxylation sites is 1. The van der Waals surface area contributed by atoms with E-state index in [1.165, 1.54) is 5.56 Å². The standard InChI is InChI=1S/C21H22N4O3/c1-25(13-15-11-14-7-4-5-8-17(14)28-15)21-23-16(12-22-24-21)20-18(26-2)9-6-10-19(20)27-3/h4-10,12,15H,11,13H2,1-3H3. The predicted octanol–water partition coefficient (Wildman–Crippen LogP) is 3.00. The Morgan fingerprint density at radius 1 is 1.07 bits per heavy atom. The highest BCUT2D eigenvalue weighted by molar-refractivity contribution is 5.74. The molecule has 1 aliphatic heterocycles. The zero-order valence-corrected chi connectivity index (χ0v) is 16.1. The summed E-state index contributed by atoms with van der Waals surface area (Å²) in [6.45, 7) is 0.656. The van der Waals surface area contributed by atoms with Gasteiger partial charge in [0.25, 0.3) is 0 Å². The van der Waals surface area contributed by atoms with Crippen LogP contribution in [0.3, 0.4) is 0 Å². The maximum atomic E-state index is 6.03. The number of hydrogen-bond acceptors (Lipinski definition) is 7. The summed E-state index contributed by atoms with van der Waals surface area (Å²) < 4.78 is 17.0. The minimum atomic E-state index is 0.0513. The Morgan fingerprint density at radius 2 is 1.82 bits per heavy atom. The Labute approximate surface area is 163 Å². The second kappa shape index (κ2) is 7.72. The van der Waals surface area contributed by atoms with Crippen molar-refractivity contribution in [1.82, 2.24) is 15.2 Å². The van der Waals surface area contributed by atoms with E-state index in [9.17, 15) is 0 Å². The van der Waals surface area contributed by atoms with E-state index in [0.29, 0.717) is 29.7 Å². The molecule has 2 aromatic carbocycles. The molecular formula is C21H22N4O3. The zero-order valence-electron chi connectivity index (χ0n) is 16.1. The highest BCUT2D eigenvalue weighted by Gasteiger charge is 2.25. The topological polar surface area (TPSA) is 69.6 Å². The van der Waals surface area contributed by atoms with Gasteiger partial charge >= 0.3 is 0 Å².